The van der Waals surface area contributed by atoms with E-state index in [4.69, 9.17) is 4.74 Å². The molecule has 0 saturated heterocycles. The van der Waals surface area contributed by atoms with Crippen molar-refractivity contribution < 1.29 is 9.53 Å². The van der Waals surface area contributed by atoms with E-state index >= 15 is 0 Å². The highest BCUT2D eigenvalue weighted by Crippen LogP contribution is 2.31. The molecule has 1 amide bonds. The minimum Gasteiger partial charge on any atom is -0.496 e. The fourth-order valence-electron chi connectivity index (χ4n) is 2.22. The van der Waals surface area contributed by atoms with Gasteiger partial charge in [-0.15, -0.1) is 0 Å². The van der Waals surface area contributed by atoms with E-state index < -0.39 is 0 Å². The summed E-state index contributed by atoms with van der Waals surface area (Å²) in [5.74, 6) is 0.695. The van der Waals surface area contributed by atoms with Crippen LogP contribution in [-0.4, -0.2) is 18.0 Å². The number of hydrogen-bond donors (Lipinski definition) is 1. The van der Waals surface area contributed by atoms with Gasteiger partial charge in [-0.1, -0.05) is 32.9 Å². The summed E-state index contributed by atoms with van der Waals surface area (Å²) in [6.07, 6.45) is 1.61. The zero-order valence-electron chi connectivity index (χ0n) is 13.5. The number of nitrogens with one attached hydrogen (secondary N) is 1. The van der Waals surface area contributed by atoms with Crippen LogP contribution in [0.15, 0.2) is 42.6 Å². The first-order chi connectivity index (χ1) is 10.4. The van der Waals surface area contributed by atoms with E-state index in [1.807, 2.05) is 12.1 Å². The van der Waals surface area contributed by atoms with Gasteiger partial charge in [0.25, 0.3) is 5.91 Å². The van der Waals surface area contributed by atoms with Crippen LogP contribution in [0.25, 0.3) is 0 Å². The molecule has 1 heterocycles. The van der Waals surface area contributed by atoms with Gasteiger partial charge < -0.3 is 10.1 Å². The molecule has 2 aromatic rings. The van der Waals surface area contributed by atoms with Crippen LogP contribution in [0.3, 0.4) is 0 Å². The maximum atomic E-state index is 12.0. The van der Waals surface area contributed by atoms with Crippen molar-refractivity contribution in [3.05, 3.63) is 59.4 Å². The Labute approximate surface area is 131 Å². The molecule has 0 radical (unpaired) electrons. The van der Waals surface area contributed by atoms with Crippen LogP contribution < -0.4 is 10.1 Å². The predicted molar refractivity (Wildman–Crippen MR) is 87.1 cm³/mol. The van der Waals surface area contributed by atoms with Crippen molar-refractivity contribution in [2.24, 2.45) is 0 Å². The molecule has 0 aliphatic heterocycles. The molecule has 4 heteroatoms. The Morgan fingerprint density at radius 3 is 2.59 bits per heavy atom. The van der Waals surface area contributed by atoms with Crippen molar-refractivity contribution in [3.8, 4) is 5.75 Å². The molecule has 1 aromatic carbocycles. The maximum Gasteiger partial charge on any atom is 0.270 e. The number of carbonyl (C=O) groups is 1. The Hall–Kier alpha value is -2.36. The first-order valence-corrected chi connectivity index (χ1v) is 7.28. The number of pyridine rings is 1. The Balaban J connectivity index is 2.12. The van der Waals surface area contributed by atoms with Gasteiger partial charge in [-0.3, -0.25) is 9.78 Å². The molecule has 0 fully saturated rings. The highest BCUT2D eigenvalue weighted by atomic mass is 16.5. The van der Waals surface area contributed by atoms with E-state index in [-0.39, 0.29) is 11.3 Å². The summed E-state index contributed by atoms with van der Waals surface area (Å²) in [4.78, 5) is 16.1. The molecule has 0 bridgehead atoms. The van der Waals surface area contributed by atoms with Gasteiger partial charge in [0.05, 0.1) is 7.11 Å². The van der Waals surface area contributed by atoms with Crippen LogP contribution >= 0.6 is 0 Å². The fraction of sp³-hybridized carbons (Fsp3) is 0.333. The lowest BCUT2D eigenvalue weighted by atomic mass is 9.85. The van der Waals surface area contributed by atoms with E-state index in [2.05, 4.69) is 37.1 Å². The zero-order valence-corrected chi connectivity index (χ0v) is 13.5. The van der Waals surface area contributed by atoms with Crippen molar-refractivity contribution in [2.75, 3.05) is 7.11 Å². The highest BCUT2D eigenvalue weighted by molar-refractivity contribution is 5.92. The largest absolute Gasteiger partial charge is 0.496 e. The van der Waals surface area contributed by atoms with Gasteiger partial charge in [-0.2, -0.15) is 0 Å². The molecule has 116 valence electrons. The van der Waals surface area contributed by atoms with Gasteiger partial charge in [0.15, 0.2) is 0 Å². The molecular weight excluding hydrogens is 276 g/mol. The third kappa shape index (κ3) is 3.85. The lowest BCUT2D eigenvalue weighted by Crippen LogP contribution is -2.24. The minimum absolute atomic E-state index is 0.0215. The summed E-state index contributed by atoms with van der Waals surface area (Å²) in [7, 11) is 1.67. The van der Waals surface area contributed by atoms with Crippen LogP contribution in [0.1, 0.15) is 42.4 Å². The summed E-state index contributed by atoms with van der Waals surface area (Å²) < 4.78 is 5.42. The first-order valence-electron chi connectivity index (χ1n) is 7.28. The third-order valence-electron chi connectivity index (χ3n) is 3.42. The summed E-state index contributed by atoms with van der Waals surface area (Å²) in [6.45, 7) is 6.88. The summed E-state index contributed by atoms with van der Waals surface area (Å²) in [5, 5.41) is 2.89. The number of benzene rings is 1. The number of hydrogen-bond acceptors (Lipinski definition) is 3. The van der Waals surface area contributed by atoms with E-state index in [0.29, 0.717) is 12.2 Å². The minimum atomic E-state index is -0.172. The molecule has 2 rings (SSSR count). The topological polar surface area (TPSA) is 51.2 Å². The number of ether oxygens (including phenoxy) is 1. The molecule has 0 atom stereocenters. The van der Waals surface area contributed by atoms with Gasteiger partial charge in [-0.25, -0.2) is 0 Å². The molecule has 22 heavy (non-hydrogen) atoms. The van der Waals surface area contributed by atoms with Crippen LogP contribution in [0.2, 0.25) is 0 Å². The van der Waals surface area contributed by atoms with Crippen molar-refractivity contribution in [3.63, 3.8) is 0 Å². The van der Waals surface area contributed by atoms with Crippen molar-refractivity contribution in [2.45, 2.75) is 32.7 Å². The van der Waals surface area contributed by atoms with E-state index in [1.165, 1.54) is 0 Å². The maximum absolute atomic E-state index is 12.0. The molecule has 4 nitrogen and oxygen atoms in total. The first kappa shape index (κ1) is 16.0. The second-order valence-electron chi connectivity index (χ2n) is 6.18. The number of carbonyl (C=O) groups excluding carboxylic acids is 1. The molecule has 0 unspecified atom stereocenters. The SMILES string of the molecule is COc1ccc(CNC(=O)c2ccccn2)cc1C(C)(C)C. The summed E-state index contributed by atoms with van der Waals surface area (Å²) >= 11 is 0. The summed E-state index contributed by atoms with van der Waals surface area (Å²) in [6, 6.07) is 11.3. The fourth-order valence-corrected chi connectivity index (χ4v) is 2.22. The zero-order chi connectivity index (χ0) is 16.2. The molecule has 0 aliphatic rings. The summed E-state index contributed by atoms with van der Waals surface area (Å²) in [5.41, 5.74) is 2.56. The molecule has 0 aliphatic carbocycles. The molecule has 0 spiro atoms. The second-order valence-corrected chi connectivity index (χ2v) is 6.18. The average Bonchev–Trinajstić information content (AvgIpc) is 2.52. The molecular formula is C18H22N2O2. The Kier molecular flexibility index (Phi) is 4.81. The van der Waals surface area contributed by atoms with E-state index in [9.17, 15) is 4.79 Å². The monoisotopic (exact) mass is 298 g/mol. The quantitative estimate of drug-likeness (QED) is 0.942. The number of aromatic nitrogens is 1. The number of nitrogens with zero attached hydrogens (tertiary/aromatic N) is 1. The molecule has 1 N–H and O–H groups in total. The van der Waals surface area contributed by atoms with Gasteiger partial charge in [0.2, 0.25) is 0 Å². The van der Waals surface area contributed by atoms with Gasteiger partial charge >= 0.3 is 0 Å². The molecule has 0 saturated carbocycles. The third-order valence-corrected chi connectivity index (χ3v) is 3.42. The van der Waals surface area contributed by atoms with Gasteiger partial charge in [0, 0.05) is 12.7 Å². The second kappa shape index (κ2) is 6.60. The van der Waals surface area contributed by atoms with E-state index in [0.717, 1.165) is 16.9 Å². The van der Waals surface area contributed by atoms with E-state index in [1.54, 1.807) is 31.5 Å². The van der Waals surface area contributed by atoms with Crippen LogP contribution in [0, 0.1) is 0 Å². The Morgan fingerprint density at radius 1 is 1.23 bits per heavy atom. The van der Waals surface area contributed by atoms with Crippen molar-refractivity contribution in [1.29, 1.82) is 0 Å². The standard InChI is InChI=1S/C18H22N2O2/c1-18(2,3)14-11-13(8-9-16(14)22-4)12-20-17(21)15-7-5-6-10-19-15/h5-11H,12H2,1-4H3,(H,20,21). The molecule has 1 aromatic heterocycles. The van der Waals surface area contributed by atoms with Crippen LogP contribution in [0.4, 0.5) is 0 Å². The van der Waals surface area contributed by atoms with Crippen LogP contribution in [-0.2, 0) is 12.0 Å². The van der Waals surface area contributed by atoms with Gasteiger partial charge in [-0.05, 0) is 40.8 Å². The van der Waals surface area contributed by atoms with Crippen molar-refractivity contribution in [1.82, 2.24) is 10.3 Å². The lowest BCUT2D eigenvalue weighted by molar-refractivity contribution is 0.0946. The van der Waals surface area contributed by atoms with Crippen LogP contribution in [0.5, 0.6) is 5.75 Å². The normalized spacial score (nSPS) is 11.1. The number of amides is 1. The van der Waals surface area contributed by atoms with Gasteiger partial charge in [0.1, 0.15) is 11.4 Å². The average molecular weight is 298 g/mol. The number of rotatable bonds is 4. The Morgan fingerprint density at radius 2 is 2.00 bits per heavy atom. The van der Waals surface area contributed by atoms with Crippen molar-refractivity contribution >= 4 is 5.91 Å². The lowest BCUT2D eigenvalue weighted by Gasteiger charge is -2.23. The highest BCUT2D eigenvalue weighted by Gasteiger charge is 2.19. The smallest absolute Gasteiger partial charge is 0.270 e. The predicted octanol–water partition coefficient (Wildman–Crippen LogP) is 3.32. The Bertz CT molecular complexity index is 646. The number of methoxy groups -OCH3 is 1.